The van der Waals surface area contributed by atoms with Crippen molar-refractivity contribution in [2.75, 3.05) is 0 Å². The van der Waals surface area contributed by atoms with Crippen LogP contribution in [0.2, 0.25) is 0 Å². The Hall–Kier alpha value is -2.76. The summed E-state index contributed by atoms with van der Waals surface area (Å²) in [5, 5.41) is 4.16. The molecule has 23 heavy (non-hydrogen) atoms. The van der Waals surface area contributed by atoms with Crippen molar-refractivity contribution >= 4 is 5.57 Å². The third kappa shape index (κ3) is 3.91. The number of nitrogens with two attached hydrogens (primary N) is 1. The standard InChI is InChI=1S/C17H16F3N3/c1-11(13(3)21)8-12(2)14-9-22-23(10-14)16-6-4-15(5-7-16)17(18,19)20/h4-10H,1,3,21H2,2H3/b12-8+. The summed E-state index contributed by atoms with van der Waals surface area (Å²) in [4.78, 5) is 0. The first-order valence-corrected chi connectivity index (χ1v) is 6.73. The Balaban J connectivity index is 2.26. The number of hydrogen-bond acceptors (Lipinski definition) is 2. The molecule has 1 aromatic carbocycles. The quantitative estimate of drug-likeness (QED) is 0.853. The maximum absolute atomic E-state index is 12.6. The van der Waals surface area contributed by atoms with Gasteiger partial charge in [0.2, 0.25) is 0 Å². The molecule has 0 spiro atoms. The van der Waals surface area contributed by atoms with Crippen molar-refractivity contribution in [1.82, 2.24) is 9.78 Å². The average molecular weight is 319 g/mol. The molecule has 0 radical (unpaired) electrons. The van der Waals surface area contributed by atoms with Crippen LogP contribution in [0.5, 0.6) is 0 Å². The summed E-state index contributed by atoms with van der Waals surface area (Å²) in [6.07, 6.45) is 0.769. The molecule has 0 atom stereocenters. The van der Waals surface area contributed by atoms with Gasteiger partial charge in [-0.1, -0.05) is 13.2 Å². The van der Waals surface area contributed by atoms with Crippen LogP contribution in [0.15, 0.2) is 67.2 Å². The van der Waals surface area contributed by atoms with E-state index in [1.807, 2.05) is 6.92 Å². The van der Waals surface area contributed by atoms with E-state index in [2.05, 4.69) is 18.3 Å². The number of allylic oxidation sites excluding steroid dienone is 2. The van der Waals surface area contributed by atoms with Gasteiger partial charge in [0.15, 0.2) is 0 Å². The third-order valence-electron chi connectivity index (χ3n) is 3.30. The number of aromatic nitrogens is 2. The van der Waals surface area contributed by atoms with Crippen LogP contribution in [0.25, 0.3) is 11.3 Å². The van der Waals surface area contributed by atoms with Crippen molar-refractivity contribution in [3.05, 3.63) is 78.3 Å². The Labute approximate surface area is 132 Å². The summed E-state index contributed by atoms with van der Waals surface area (Å²) in [5.41, 5.74) is 8.07. The van der Waals surface area contributed by atoms with E-state index in [0.29, 0.717) is 17.0 Å². The lowest BCUT2D eigenvalue weighted by Crippen LogP contribution is -2.05. The highest BCUT2D eigenvalue weighted by Crippen LogP contribution is 2.29. The van der Waals surface area contributed by atoms with Gasteiger partial charge in [-0.15, -0.1) is 0 Å². The van der Waals surface area contributed by atoms with E-state index in [4.69, 9.17) is 5.73 Å². The summed E-state index contributed by atoms with van der Waals surface area (Å²) < 4.78 is 39.2. The van der Waals surface area contributed by atoms with E-state index < -0.39 is 11.7 Å². The summed E-state index contributed by atoms with van der Waals surface area (Å²) in [6.45, 7) is 9.25. The minimum atomic E-state index is -4.35. The predicted molar refractivity (Wildman–Crippen MR) is 84.7 cm³/mol. The summed E-state index contributed by atoms with van der Waals surface area (Å²) in [7, 11) is 0. The first kappa shape index (κ1) is 16.6. The van der Waals surface area contributed by atoms with Gasteiger partial charge in [0, 0.05) is 17.5 Å². The predicted octanol–water partition coefficient (Wildman–Crippen LogP) is 4.32. The Morgan fingerprint density at radius 2 is 1.83 bits per heavy atom. The van der Waals surface area contributed by atoms with Gasteiger partial charge in [-0.25, -0.2) is 4.68 Å². The fraction of sp³-hybridized carbons (Fsp3) is 0.118. The van der Waals surface area contributed by atoms with Crippen LogP contribution >= 0.6 is 0 Å². The normalized spacial score (nSPS) is 12.3. The first-order valence-electron chi connectivity index (χ1n) is 6.73. The number of nitrogens with zero attached hydrogens (tertiary/aromatic N) is 2. The number of benzene rings is 1. The van der Waals surface area contributed by atoms with Gasteiger partial charge in [-0.2, -0.15) is 18.3 Å². The summed E-state index contributed by atoms with van der Waals surface area (Å²) >= 11 is 0. The molecule has 6 heteroatoms. The molecule has 1 heterocycles. The van der Waals surface area contributed by atoms with Crippen molar-refractivity contribution in [2.24, 2.45) is 5.73 Å². The second-order valence-corrected chi connectivity index (χ2v) is 5.10. The molecule has 120 valence electrons. The second kappa shape index (κ2) is 6.16. The molecule has 0 aliphatic carbocycles. The van der Waals surface area contributed by atoms with Gasteiger partial charge in [0.1, 0.15) is 0 Å². The number of hydrogen-bond donors (Lipinski definition) is 1. The van der Waals surface area contributed by atoms with Gasteiger partial charge in [0.25, 0.3) is 0 Å². The number of rotatable bonds is 4. The second-order valence-electron chi connectivity index (χ2n) is 5.10. The molecule has 0 aliphatic rings. The minimum absolute atomic E-state index is 0.375. The molecular weight excluding hydrogens is 303 g/mol. The average Bonchev–Trinajstić information content (AvgIpc) is 2.96. The minimum Gasteiger partial charge on any atom is -0.399 e. The fourth-order valence-corrected chi connectivity index (χ4v) is 1.91. The van der Waals surface area contributed by atoms with E-state index in [9.17, 15) is 13.2 Å². The number of halogens is 3. The lowest BCUT2D eigenvalue weighted by atomic mass is 10.1. The molecule has 0 saturated heterocycles. The molecular formula is C17H16F3N3. The molecule has 2 rings (SSSR count). The lowest BCUT2D eigenvalue weighted by Gasteiger charge is -2.07. The lowest BCUT2D eigenvalue weighted by molar-refractivity contribution is -0.137. The maximum atomic E-state index is 12.6. The Bertz CT molecular complexity index is 765. The highest BCUT2D eigenvalue weighted by molar-refractivity contribution is 5.67. The van der Waals surface area contributed by atoms with E-state index in [1.54, 1.807) is 18.5 Å². The zero-order valence-electron chi connectivity index (χ0n) is 12.6. The van der Waals surface area contributed by atoms with Crippen LogP contribution < -0.4 is 5.73 Å². The van der Waals surface area contributed by atoms with Gasteiger partial charge in [-0.3, -0.25) is 0 Å². The van der Waals surface area contributed by atoms with Crippen molar-refractivity contribution in [2.45, 2.75) is 13.1 Å². The van der Waals surface area contributed by atoms with E-state index in [1.165, 1.54) is 16.8 Å². The SMILES string of the molecule is C=C(N)C(=C)/C=C(\C)c1cnn(-c2ccc(C(F)(F)F)cc2)c1. The molecule has 2 N–H and O–H groups in total. The van der Waals surface area contributed by atoms with Crippen LogP contribution in [-0.2, 0) is 6.18 Å². The number of alkyl halides is 3. The van der Waals surface area contributed by atoms with E-state index in [-0.39, 0.29) is 0 Å². The van der Waals surface area contributed by atoms with E-state index in [0.717, 1.165) is 23.3 Å². The van der Waals surface area contributed by atoms with Crippen molar-refractivity contribution in [3.8, 4) is 5.69 Å². The van der Waals surface area contributed by atoms with Crippen molar-refractivity contribution < 1.29 is 13.2 Å². The molecule has 0 saturated carbocycles. The molecule has 0 aliphatic heterocycles. The van der Waals surface area contributed by atoms with Gasteiger partial charge in [-0.05, 0) is 48.4 Å². The Morgan fingerprint density at radius 1 is 1.22 bits per heavy atom. The van der Waals surface area contributed by atoms with Crippen LogP contribution in [0.1, 0.15) is 18.1 Å². The van der Waals surface area contributed by atoms with Crippen molar-refractivity contribution in [3.63, 3.8) is 0 Å². The Kier molecular flexibility index (Phi) is 4.45. The molecule has 0 amide bonds. The van der Waals surface area contributed by atoms with Crippen molar-refractivity contribution in [1.29, 1.82) is 0 Å². The molecule has 3 nitrogen and oxygen atoms in total. The third-order valence-corrected chi connectivity index (χ3v) is 3.30. The molecule has 0 bridgehead atoms. The van der Waals surface area contributed by atoms with Crippen LogP contribution in [-0.4, -0.2) is 9.78 Å². The summed E-state index contributed by atoms with van der Waals surface area (Å²) in [6, 6.07) is 4.80. The summed E-state index contributed by atoms with van der Waals surface area (Å²) in [5.74, 6) is 0. The monoisotopic (exact) mass is 319 g/mol. The van der Waals surface area contributed by atoms with Crippen LogP contribution in [0, 0.1) is 0 Å². The zero-order chi connectivity index (χ0) is 17.2. The largest absolute Gasteiger partial charge is 0.416 e. The van der Waals surface area contributed by atoms with Gasteiger partial charge < -0.3 is 5.73 Å². The molecule has 0 unspecified atom stereocenters. The molecule has 0 fully saturated rings. The Morgan fingerprint density at radius 3 is 2.35 bits per heavy atom. The topological polar surface area (TPSA) is 43.8 Å². The maximum Gasteiger partial charge on any atom is 0.416 e. The van der Waals surface area contributed by atoms with E-state index >= 15 is 0 Å². The highest BCUT2D eigenvalue weighted by Gasteiger charge is 2.30. The van der Waals surface area contributed by atoms with Crippen LogP contribution in [0.3, 0.4) is 0 Å². The van der Waals surface area contributed by atoms with Gasteiger partial charge in [0.05, 0.1) is 17.4 Å². The molecule has 2 aromatic rings. The zero-order valence-corrected chi connectivity index (χ0v) is 12.6. The smallest absolute Gasteiger partial charge is 0.399 e. The molecule has 1 aromatic heterocycles. The first-order chi connectivity index (χ1) is 10.7. The highest BCUT2D eigenvalue weighted by atomic mass is 19.4. The fourth-order valence-electron chi connectivity index (χ4n) is 1.91. The van der Waals surface area contributed by atoms with Gasteiger partial charge >= 0.3 is 6.18 Å². The van der Waals surface area contributed by atoms with Crippen LogP contribution in [0.4, 0.5) is 13.2 Å².